The molecule has 4 aliphatic heterocycles. The first-order valence-corrected chi connectivity index (χ1v) is 41.3. The minimum Gasteiger partial charge on any atom is -0.497 e. The zero-order valence-electron chi connectivity index (χ0n) is 73.2. The Morgan fingerprint density at radius 2 is 0.738 bits per heavy atom. The third kappa shape index (κ3) is 18.5. The number of methoxy groups -OCH3 is 3. The van der Waals surface area contributed by atoms with Gasteiger partial charge in [-0.25, -0.2) is 8.78 Å². The Bertz CT molecular complexity index is 6170. The molecule has 0 fully saturated rings. The lowest BCUT2D eigenvalue weighted by molar-refractivity contribution is -0.119. The quantitative estimate of drug-likeness (QED) is 0.0373. The molecular formula is C96H102F2N16O12. The molecule has 4 aliphatic rings. The van der Waals surface area contributed by atoms with Crippen LogP contribution < -0.4 is 61.5 Å². The molecule has 8 heterocycles. The largest absolute Gasteiger partial charge is 0.497 e. The van der Waals surface area contributed by atoms with E-state index in [-0.39, 0.29) is 41.4 Å². The fourth-order valence-corrected chi connectivity index (χ4v) is 16.8. The molecule has 8 N–H and O–H groups in total. The number of nitrogens with one attached hydrogen (secondary N) is 8. The maximum atomic E-state index is 14.0. The second-order valence-electron chi connectivity index (χ2n) is 31.4. The van der Waals surface area contributed by atoms with Crippen molar-refractivity contribution in [2.45, 2.75) is 130 Å². The summed E-state index contributed by atoms with van der Waals surface area (Å²) in [4.78, 5) is 105. The first-order valence-electron chi connectivity index (χ1n) is 41.3. The van der Waals surface area contributed by atoms with Crippen LogP contribution in [0.25, 0.3) is 0 Å². The summed E-state index contributed by atoms with van der Waals surface area (Å²) in [5.41, 5.74) is 16.5. The third-order valence-electron chi connectivity index (χ3n) is 23.1. The first kappa shape index (κ1) is 89.2. The zero-order chi connectivity index (χ0) is 90.4. The van der Waals surface area contributed by atoms with E-state index in [1.807, 2.05) is 147 Å². The predicted octanol–water partition coefficient (Wildman–Crippen LogP) is 13.2. The lowest BCUT2D eigenvalue weighted by Crippen LogP contribution is -2.50. The molecule has 0 saturated carbocycles. The second-order valence-corrected chi connectivity index (χ2v) is 31.4. The van der Waals surface area contributed by atoms with Crippen molar-refractivity contribution in [3.05, 3.63) is 305 Å². The van der Waals surface area contributed by atoms with E-state index in [1.165, 1.54) is 16.3 Å². The summed E-state index contributed by atoms with van der Waals surface area (Å²) in [6, 6.07) is 48.2. The standard InChI is InChI=1S/C26H30N4O3.C25H28N4O4.C23H24N4O3.C22H20F2N4O2/c1-6-16-8-10-18(11-9-16)22-21-15(3)29-30(4)24(21)28-26(32)23(22)27-25(31)19-12-13-20(33-5)17(7-2)14-19;1-6-33-18-12-11-17(13-19(18)32-5)21-20-15(3)28-29(4)23(20)27-25(31)22(21)26-24(30)16-9-7-14(2)8-10-16;1-13-7-5-9-16(11-13)22(28)24-20-19(15-8-6-10-17(12-15)30-4)18-14(2)26-27(3)21(18)25-23(20)29;1-11-4-6-13(7-5-11)21(29)25-19-18(14-8-9-15(23)16(24)10-14)17-12(2)27-28(3)20(17)26-22(19)30/h8-14,22-23H,6-7H2,1-5H3,(H,27,31)(H,28,32);7-13,21-22H,6H2,1-5H3,(H,26,30)(H,27,31);5-12,19-20H,1-4H3,(H,24,28)(H,25,29);4-10,18-19H,1-3H3,(H,25,29)(H,26,30). The van der Waals surface area contributed by atoms with E-state index >= 15 is 0 Å². The van der Waals surface area contributed by atoms with E-state index in [0.717, 1.165) is 103 Å². The van der Waals surface area contributed by atoms with Crippen molar-refractivity contribution in [2.24, 2.45) is 28.2 Å². The van der Waals surface area contributed by atoms with Crippen LogP contribution in [0.4, 0.5) is 32.1 Å². The van der Waals surface area contributed by atoms with Crippen LogP contribution in [-0.4, -0.2) is 138 Å². The Labute approximate surface area is 728 Å². The lowest BCUT2D eigenvalue weighted by atomic mass is 9.81. The Kier molecular flexibility index (Phi) is 26.9. The van der Waals surface area contributed by atoms with Gasteiger partial charge >= 0.3 is 0 Å². The molecule has 0 aliphatic carbocycles. The molecule has 0 saturated heterocycles. The van der Waals surface area contributed by atoms with Gasteiger partial charge in [0.2, 0.25) is 23.6 Å². The molecule has 0 spiro atoms. The number of anilines is 4. The molecule has 12 aromatic rings. The molecule has 4 aromatic heterocycles. The van der Waals surface area contributed by atoms with Crippen LogP contribution in [0.1, 0.15) is 181 Å². The van der Waals surface area contributed by atoms with Crippen molar-refractivity contribution in [3.63, 3.8) is 0 Å². The minimum atomic E-state index is -1.03. The fourth-order valence-electron chi connectivity index (χ4n) is 16.8. The van der Waals surface area contributed by atoms with Gasteiger partial charge < -0.3 is 61.5 Å². The molecule has 28 nitrogen and oxygen atoms in total. The Morgan fingerprint density at radius 3 is 1.13 bits per heavy atom. The van der Waals surface area contributed by atoms with E-state index in [4.69, 9.17) is 18.9 Å². The van der Waals surface area contributed by atoms with Gasteiger partial charge in [0, 0.05) is 96.4 Å². The molecule has 126 heavy (non-hydrogen) atoms. The van der Waals surface area contributed by atoms with E-state index < -0.39 is 65.4 Å². The number of amides is 8. The molecule has 0 bridgehead atoms. The van der Waals surface area contributed by atoms with Crippen LogP contribution in [0.3, 0.4) is 0 Å². The molecule has 8 atom stereocenters. The summed E-state index contributed by atoms with van der Waals surface area (Å²) in [5.74, 6) is -1.57. The molecule has 0 radical (unpaired) electrons. The van der Waals surface area contributed by atoms with Gasteiger partial charge in [-0.15, -0.1) is 0 Å². The summed E-state index contributed by atoms with van der Waals surface area (Å²) < 4.78 is 56.1. The van der Waals surface area contributed by atoms with Gasteiger partial charge in [-0.3, -0.25) is 57.1 Å². The average Bonchev–Trinajstić information content (AvgIpc) is 1.59. The van der Waals surface area contributed by atoms with Crippen molar-refractivity contribution in [1.82, 2.24) is 60.4 Å². The second kappa shape index (κ2) is 38.0. The smallest absolute Gasteiger partial charge is 0.251 e. The van der Waals surface area contributed by atoms with E-state index in [0.29, 0.717) is 86.2 Å². The summed E-state index contributed by atoms with van der Waals surface area (Å²) in [6.07, 6.45) is 1.67. The first-order chi connectivity index (χ1) is 60.3. The Morgan fingerprint density at radius 1 is 0.365 bits per heavy atom. The molecule has 30 heteroatoms. The maximum Gasteiger partial charge on any atom is 0.251 e. The van der Waals surface area contributed by atoms with Gasteiger partial charge in [0.15, 0.2) is 23.1 Å². The zero-order valence-corrected chi connectivity index (χ0v) is 73.2. The summed E-state index contributed by atoms with van der Waals surface area (Å²) in [5, 5.41) is 41.1. The molecular weight excluding hydrogens is 1610 g/mol. The fraction of sp³-hybridized carbons (Fsp3) is 0.292. The number of aromatic nitrogens is 8. The number of hydrogen-bond donors (Lipinski definition) is 8. The molecule has 8 unspecified atom stereocenters. The van der Waals surface area contributed by atoms with Crippen LogP contribution in [0.5, 0.6) is 23.0 Å². The summed E-state index contributed by atoms with van der Waals surface area (Å²) in [6.45, 7) is 19.8. The normalized spacial score (nSPS) is 17.5. The molecule has 652 valence electrons. The maximum absolute atomic E-state index is 14.0. The lowest BCUT2D eigenvalue weighted by Gasteiger charge is -2.33. The minimum absolute atomic E-state index is 0.257. The van der Waals surface area contributed by atoms with E-state index in [1.54, 1.807) is 124 Å². The van der Waals surface area contributed by atoms with Gasteiger partial charge in [-0.2, -0.15) is 20.4 Å². The van der Waals surface area contributed by atoms with Crippen LogP contribution in [0.2, 0.25) is 0 Å². The number of nitrogens with zero attached hydrogens (tertiary/aromatic N) is 8. The van der Waals surface area contributed by atoms with Crippen molar-refractivity contribution in [3.8, 4) is 23.0 Å². The van der Waals surface area contributed by atoms with Gasteiger partial charge in [-0.05, 0) is 193 Å². The highest BCUT2D eigenvalue weighted by molar-refractivity contribution is 6.07. The number of benzene rings is 8. The van der Waals surface area contributed by atoms with Crippen LogP contribution in [0.15, 0.2) is 176 Å². The van der Waals surface area contributed by atoms with Gasteiger partial charge in [0.05, 0.1) is 50.7 Å². The molecule has 8 aromatic carbocycles. The van der Waals surface area contributed by atoms with Gasteiger partial charge in [0.1, 0.15) is 58.9 Å². The number of halogens is 2. The summed E-state index contributed by atoms with van der Waals surface area (Å²) in [7, 11) is 11.9. The average molecular weight is 1710 g/mol. The number of aryl methyl sites for hydroxylation is 13. The number of carbonyl (C=O) groups is 8. The van der Waals surface area contributed by atoms with E-state index in [9.17, 15) is 47.1 Å². The van der Waals surface area contributed by atoms with Crippen molar-refractivity contribution < 1.29 is 66.1 Å². The molecule has 8 amide bonds. The van der Waals surface area contributed by atoms with Crippen LogP contribution >= 0.6 is 0 Å². The number of carbonyl (C=O) groups excluding carboxylic acids is 8. The Balaban J connectivity index is 0.000000144. The van der Waals surface area contributed by atoms with Gasteiger partial charge in [-0.1, -0.05) is 115 Å². The highest BCUT2D eigenvalue weighted by Crippen LogP contribution is 2.46. The monoisotopic (exact) mass is 1710 g/mol. The number of hydrogen-bond acceptors (Lipinski definition) is 16. The van der Waals surface area contributed by atoms with Crippen LogP contribution in [-0.2, 0) is 60.2 Å². The number of fused-ring (bicyclic) bond motifs is 4. The third-order valence-corrected chi connectivity index (χ3v) is 23.1. The highest BCUT2D eigenvalue weighted by atomic mass is 19.2. The summed E-state index contributed by atoms with van der Waals surface area (Å²) >= 11 is 0. The number of rotatable bonds is 19. The number of ether oxygens (including phenoxy) is 4. The van der Waals surface area contributed by atoms with Crippen molar-refractivity contribution >= 4 is 70.5 Å². The van der Waals surface area contributed by atoms with E-state index in [2.05, 4.69) is 82.0 Å². The van der Waals surface area contributed by atoms with Gasteiger partial charge in [0.25, 0.3) is 23.6 Å². The highest BCUT2D eigenvalue weighted by Gasteiger charge is 2.46. The van der Waals surface area contributed by atoms with Crippen molar-refractivity contribution in [2.75, 3.05) is 49.2 Å². The van der Waals surface area contributed by atoms with Crippen LogP contribution in [0, 0.1) is 60.1 Å². The Hall–Kier alpha value is -14.6. The molecule has 16 rings (SSSR count). The topological polar surface area (TPSA) is 341 Å². The SMILES string of the molecule is CCOc1ccc(C2c3c(C)nn(C)c3NC(=O)C2NC(=O)c2ccc(C)cc2)cc1OC.CCc1ccc(C2c3c(C)nn(C)c3NC(=O)C2NC(=O)c2ccc(OC)c(CC)c2)cc1.COc1cccc(C2c3c(C)nn(C)c3NC(=O)C2NC(=O)c2cccc(C)c2)c1.Cc1ccc(C(=O)NC2C(=O)Nc3c(c(C)nn3C)C2c2ccc(F)c(F)c2)cc1. The predicted molar refractivity (Wildman–Crippen MR) is 474 cm³/mol. The van der Waals surface area contributed by atoms with Crippen molar-refractivity contribution in [1.29, 1.82) is 0 Å².